The molecule has 0 heterocycles. The lowest BCUT2D eigenvalue weighted by Gasteiger charge is -2.02. The molecule has 1 aromatic carbocycles. The topological polar surface area (TPSA) is 57.5 Å². The van der Waals surface area contributed by atoms with Gasteiger partial charge in [-0.3, -0.25) is 4.79 Å². The summed E-state index contributed by atoms with van der Waals surface area (Å²) < 4.78 is 0. The number of aryl methyl sites for hydroxylation is 1. The molecule has 0 aromatic heterocycles. The molecule has 2 rings (SSSR count). The zero-order chi connectivity index (χ0) is 10.8. The lowest BCUT2D eigenvalue weighted by Crippen LogP contribution is -2.00. The second kappa shape index (κ2) is 3.93. The molecular weight excluding hydrogens is 192 g/mol. The molecule has 0 spiro atoms. The van der Waals surface area contributed by atoms with Crippen LogP contribution in [0.4, 0.5) is 0 Å². The summed E-state index contributed by atoms with van der Waals surface area (Å²) in [6.45, 7) is 0. The number of phenols is 1. The maximum Gasteiger partial charge on any atom is 0.306 e. The number of hydrogen-bond donors (Lipinski definition) is 2. The van der Waals surface area contributed by atoms with Crippen LogP contribution in [0.25, 0.3) is 0 Å². The second-order valence-corrected chi connectivity index (χ2v) is 4.11. The molecule has 0 radical (unpaired) electrons. The monoisotopic (exact) mass is 206 g/mol. The zero-order valence-corrected chi connectivity index (χ0v) is 8.39. The van der Waals surface area contributed by atoms with Crippen molar-refractivity contribution in [1.29, 1.82) is 0 Å². The van der Waals surface area contributed by atoms with Crippen molar-refractivity contribution < 1.29 is 15.0 Å². The third-order valence-electron chi connectivity index (χ3n) is 3.02. The standard InChI is InChI=1S/C12H14O3/c13-11-4-2-1-3-8(11)5-6-9-7-10(9)12(14)15/h1-4,9-10,13H,5-7H2,(H,14,15). The Labute approximate surface area is 88.4 Å². The van der Waals surface area contributed by atoms with Crippen molar-refractivity contribution in [3.05, 3.63) is 29.8 Å². The molecular formula is C12H14O3. The molecule has 0 aliphatic heterocycles. The molecule has 3 nitrogen and oxygen atoms in total. The maximum atomic E-state index is 10.6. The van der Waals surface area contributed by atoms with E-state index in [1.807, 2.05) is 12.1 Å². The van der Waals surface area contributed by atoms with E-state index in [4.69, 9.17) is 5.11 Å². The average Bonchev–Trinajstić information content (AvgIpc) is 2.96. The van der Waals surface area contributed by atoms with Crippen LogP contribution in [0.15, 0.2) is 24.3 Å². The SMILES string of the molecule is O=C(O)C1CC1CCc1ccccc1O. The van der Waals surface area contributed by atoms with Gasteiger partial charge in [0.05, 0.1) is 5.92 Å². The van der Waals surface area contributed by atoms with Crippen LogP contribution < -0.4 is 0 Å². The number of aliphatic carboxylic acids is 1. The fourth-order valence-electron chi connectivity index (χ4n) is 1.93. The van der Waals surface area contributed by atoms with Gasteiger partial charge in [-0.2, -0.15) is 0 Å². The maximum absolute atomic E-state index is 10.6. The third kappa shape index (κ3) is 2.29. The largest absolute Gasteiger partial charge is 0.508 e. The van der Waals surface area contributed by atoms with Crippen LogP contribution >= 0.6 is 0 Å². The van der Waals surface area contributed by atoms with Crippen molar-refractivity contribution >= 4 is 5.97 Å². The third-order valence-corrected chi connectivity index (χ3v) is 3.02. The lowest BCUT2D eigenvalue weighted by molar-refractivity contribution is -0.138. The van der Waals surface area contributed by atoms with Gasteiger partial charge >= 0.3 is 5.97 Å². The minimum atomic E-state index is -0.683. The predicted molar refractivity (Wildman–Crippen MR) is 55.7 cm³/mol. The summed E-state index contributed by atoms with van der Waals surface area (Å²) in [4.78, 5) is 10.6. The number of carboxylic acids is 1. The fourth-order valence-corrected chi connectivity index (χ4v) is 1.93. The van der Waals surface area contributed by atoms with Gasteiger partial charge in [-0.25, -0.2) is 0 Å². The van der Waals surface area contributed by atoms with Gasteiger partial charge in [-0.1, -0.05) is 18.2 Å². The average molecular weight is 206 g/mol. The Bertz CT molecular complexity index is 373. The highest BCUT2D eigenvalue weighted by Gasteiger charge is 2.42. The van der Waals surface area contributed by atoms with Gasteiger partial charge in [0.25, 0.3) is 0 Å². The molecule has 0 amide bonds. The van der Waals surface area contributed by atoms with Crippen molar-refractivity contribution in [3.63, 3.8) is 0 Å². The number of aromatic hydroxyl groups is 1. The van der Waals surface area contributed by atoms with E-state index in [1.165, 1.54) is 0 Å². The van der Waals surface area contributed by atoms with Gasteiger partial charge in [0.15, 0.2) is 0 Å². The van der Waals surface area contributed by atoms with Crippen LogP contribution in [-0.4, -0.2) is 16.2 Å². The van der Waals surface area contributed by atoms with Crippen molar-refractivity contribution in [2.45, 2.75) is 19.3 Å². The summed E-state index contributed by atoms with van der Waals surface area (Å²) in [5, 5.41) is 18.2. The van der Waals surface area contributed by atoms with Crippen LogP contribution in [0.5, 0.6) is 5.75 Å². The molecule has 2 unspecified atom stereocenters. The molecule has 1 aromatic rings. The van der Waals surface area contributed by atoms with Crippen LogP contribution in [0.2, 0.25) is 0 Å². The van der Waals surface area contributed by atoms with Crippen LogP contribution in [-0.2, 0) is 11.2 Å². The van der Waals surface area contributed by atoms with Gasteiger partial charge in [-0.05, 0) is 36.8 Å². The van der Waals surface area contributed by atoms with E-state index in [2.05, 4.69) is 0 Å². The molecule has 3 heteroatoms. The number of benzene rings is 1. The molecule has 0 saturated heterocycles. The minimum absolute atomic E-state index is 0.143. The molecule has 2 N–H and O–H groups in total. The van der Waals surface area contributed by atoms with Gasteiger partial charge in [0.1, 0.15) is 5.75 Å². The quantitative estimate of drug-likeness (QED) is 0.792. The Kier molecular flexibility index (Phi) is 2.62. The summed E-state index contributed by atoms with van der Waals surface area (Å²) >= 11 is 0. The number of rotatable bonds is 4. The number of hydrogen-bond acceptors (Lipinski definition) is 2. The van der Waals surface area contributed by atoms with E-state index >= 15 is 0 Å². The van der Waals surface area contributed by atoms with E-state index in [1.54, 1.807) is 12.1 Å². The molecule has 2 atom stereocenters. The fraction of sp³-hybridized carbons (Fsp3) is 0.417. The highest BCUT2D eigenvalue weighted by atomic mass is 16.4. The van der Waals surface area contributed by atoms with E-state index in [0.29, 0.717) is 11.7 Å². The molecule has 0 bridgehead atoms. The second-order valence-electron chi connectivity index (χ2n) is 4.11. The highest BCUT2D eigenvalue weighted by molar-refractivity contribution is 5.73. The number of phenolic OH excluding ortho intramolecular Hbond substituents is 1. The van der Waals surface area contributed by atoms with Crippen molar-refractivity contribution in [1.82, 2.24) is 0 Å². The Morgan fingerprint density at radius 1 is 1.40 bits per heavy atom. The minimum Gasteiger partial charge on any atom is -0.508 e. The zero-order valence-electron chi connectivity index (χ0n) is 8.39. The van der Waals surface area contributed by atoms with Crippen molar-refractivity contribution in [2.75, 3.05) is 0 Å². The Balaban J connectivity index is 1.85. The van der Waals surface area contributed by atoms with E-state index in [9.17, 15) is 9.90 Å². The van der Waals surface area contributed by atoms with E-state index < -0.39 is 5.97 Å². The first kappa shape index (κ1) is 10.0. The number of carbonyl (C=O) groups is 1. The Morgan fingerprint density at radius 3 is 2.73 bits per heavy atom. The first-order valence-corrected chi connectivity index (χ1v) is 5.18. The molecule has 1 aliphatic carbocycles. The summed E-state index contributed by atoms with van der Waals surface area (Å²) in [7, 11) is 0. The first-order valence-electron chi connectivity index (χ1n) is 5.18. The van der Waals surface area contributed by atoms with Crippen molar-refractivity contribution in [2.24, 2.45) is 11.8 Å². The normalized spacial score (nSPS) is 23.7. The smallest absolute Gasteiger partial charge is 0.306 e. The molecule has 1 fully saturated rings. The Morgan fingerprint density at radius 2 is 2.13 bits per heavy atom. The van der Waals surface area contributed by atoms with Crippen LogP contribution in [0.3, 0.4) is 0 Å². The van der Waals surface area contributed by atoms with Crippen molar-refractivity contribution in [3.8, 4) is 5.75 Å². The molecule has 80 valence electrons. The summed E-state index contributed by atoms with van der Waals surface area (Å²) in [5.41, 5.74) is 0.911. The lowest BCUT2D eigenvalue weighted by atomic mass is 10.1. The highest BCUT2D eigenvalue weighted by Crippen LogP contribution is 2.42. The number of carboxylic acid groups (broad SMARTS) is 1. The molecule has 1 saturated carbocycles. The van der Waals surface area contributed by atoms with Crippen LogP contribution in [0.1, 0.15) is 18.4 Å². The van der Waals surface area contributed by atoms with Gasteiger partial charge in [-0.15, -0.1) is 0 Å². The van der Waals surface area contributed by atoms with Crippen LogP contribution in [0, 0.1) is 11.8 Å². The first-order chi connectivity index (χ1) is 7.18. The van der Waals surface area contributed by atoms with E-state index in [-0.39, 0.29) is 5.92 Å². The van der Waals surface area contributed by atoms with Gasteiger partial charge in [0, 0.05) is 0 Å². The van der Waals surface area contributed by atoms with Gasteiger partial charge < -0.3 is 10.2 Å². The van der Waals surface area contributed by atoms with E-state index in [0.717, 1.165) is 24.8 Å². The predicted octanol–water partition coefficient (Wildman–Crippen LogP) is 2.05. The summed E-state index contributed by atoms with van der Waals surface area (Å²) in [6, 6.07) is 7.22. The summed E-state index contributed by atoms with van der Waals surface area (Å²) in [5.74, 6) is -0.208. The molecule has 15 heavy (non-hydrogen) atoms. The van der Waals surface area contributed by atoms with Gasteiger partial charge in [0.2, 0.25) is 0 Å². The summed E-state index contributed by atoms with van der Waals surface area (Å²) in [6.07, 6.45) is 2.42. The molecule has 1 aliphatic rings. The Hall–Kier alpha value is -1.51. The number of para-hydroxylation sites is 1.